The largest absolute Gasteiger partial charge is 0.362 e. The maximum Gasteiger partial charge on any atom is 0.261 e. The molecule has 0 bridgehead atoms. The molecule has 0 aliphatic carbocycles. The van der Waals surface area contributed by atoms with Gasteiger partial charge in [-0.2, -0.15) is 0 Å². The molecular formula is C27H35N5OS. The van der Waals surface area contributed by atoms with Crippen molar-refractivity contribution in [2.24, 2.45) is 0 Å². The molecule has 0 spiro atoms. The Morgan fingerprint density at radius 2 is 2.06 bits per heavy atom. The van der Waals surface area contributed by atoms with Gasteiger partial charge in [-0.3, -0.25) is 14.3 Å². The van der Waals surface area contributed by atoms with Gasteiger partial charge in [-0.15, -0.1) is 0 Å². The average Bonchev–Trinajstić information content (AvgIpc) is 3.07. The molecule has 0 unspecified atom stereocenters. The summed E-state index contributed by atoms with van der Waals surface area (Å²) in [4.78, 5) is 20.3. The van der Waals surface area contributed by atoms with Crippen LogP contribution in [0.25, 0.3) is 10.9 Å². The van der Waals surface area contributed by atoms with E-state index in [1.807, 2.05) is 22.8 Å². The van der Waals surface area contributed by atoms with E-state index in [0.29, 0.717) is 10.5 Å². The van der Waals surface area contributed by atoms with Gasteiger partial charge in [0.05, 0.1) is 10.9 Å². The Kier molecular flexibility index (Phi) is 8.29. The number of aromatic nitrogens is 2. The van der Waals surface area contributed by atoms with Crippen LogP contribution in [0.1, 0.15) is 49.6 Å². The van der Waals surface area contributed by atoms with Gasteiger partial charge in [0.15, 0.2) is 5.11 Å². The van der Waals surface area contributed by atoms with E-state index in [1.165, 1.54) is 11.1 Å². The van der Waals surface area contributed by atoms with Crippen molar-refractivity contribution in [1.82, 2.24) is 19.8 Å². The van der Waals surface area contributed by atoms with E-state index >= 15 is 0 Å². The van der Waals surface area contributed by atoms with Crippen LogP contribution in [0.3, 0.4) is 0 Å². The minimum absolute atomic E-state index is 0.0534. The van der Waals surface area contributed by atoms with E-state index < -0.39 is 0 Å². The van der Waals surface area contributed by atoms with Crippen molar-refractivity contribution in [2.75, 3.05) is 25.0 Å². The van der Waals surface area contributed by atoms with Crippen LogP contribution < -0.4 is 16.2 Å². The molecule has 180 valence electrons. The van der Waals surface area contributed by atoms with Crippen molar-refractivity contribution in [3.8, 4) is 0 Å². The van der Waals surface area contributed by atoms with Gasteiger partial charge in [0.2, 0.25) is 0 Å². The molecule has 0 atom stereocenters. The fourth-order valence-electron chi connectivity index (χ4n) is 4.59. The number of hydrogen-bond donors (Lipinski definition) is 2. The lowest BCUT2D eigenvalue weighted by Crippen LogP contribution is -2.32. The molecular weight excluding hydrogens is 442 g/mol. The molecule has 7 heteroatoms. The minimum atomic E-state index is 0.0534. The smallest absolute Gasteiger partial charge is 0.261 e. The van der Waals surface area contributed by atoms with Crippen molar-refractivity contribution in [2.45, 2.75) is 59.0 Å². The molecule has 0 saturated heterocycles. The van der Waals surface area contributed by atoms with Crippen molar-refractivity contribution >= 4 is 33.9 Å². The Labute approximate surface area is 207 Å². The third-order valence-electron chi connectivity index (χ3n) is 6.45. The molecule has 1 aliphatic heterocycles. The zero-order valence-corrected chi connectivity index (χ0v) is 21.1. The standard InChI is InChI=1S/C27H35N5OS/c1-3-31(19-21-10-7-9-20(2)17-21)15-8-14-28-27(34)29-22-12-13-24-23(18-22)26(33)32-16-6-4-5-11-25(32)30-24/h7,9-10,12-13,17-18H,3-6,8,11,14-16,19H2,1-2H3,(H2,28,29,34). The van der Waals surface area contributed by atoms with E-state index in [9.17, 15) is 4.79 Å². The Morgan fingerprint density at radius 1 is 1.18 bits per heavy atom. The highest BCUT2D eigenvalue weighted by Crippen LogP contribution is 2.18. The van der Waals surface area contributed by atoms with Crippen LogP contribution in [0.4, 0.5) is 5.69 Å². The first-order valence-corrected chi connectivity index (χ1v) is 12.8. The second-order valence-corrected chi connectivity index (χ2v) is 9.53. The van der Waals surface area contributed by atoms with Crippen molar-refractivity contribution < 1.29 is 0 Å². The van der Waals surface area contributed by atoms with Gasteiger partial charge >= 0.3 is 0 Å². The lowest BCUT2D eigenvalue weighted by Gasteiger charge is -2.21. The van der Waals surface area contributed by atoms with Gasteiger partial charge in [0.25, 0.3) is 5.56 Å². The molecule has 0 radical (unpaired) electrons. The van der Waals surface area contributed by atoms with E-state index in [4.69, 9.17) is 17.2 Å². The number of anilines is 1. The van der Waals surface area contributed by atoms with Crippen molar-refractivity contribution in [1.29, 1.82) is 0 Å². The van der Waals surface area contributed by atoms with Crippen LogP contribution in [-0.4, -0.2) is 39.2 Å². The van der Waals surface area contributed by atoms with Gasteiger partial charge in [0, 0.05) is 38.3 Å². The molecule has 0 saturated carbocycles. The molecule has 3 aromatic rings. The highest BCUT2D eigenvalue weighted by atomic mass is 32.1. The maximum atomic E-state index is 13.1. The normalized spacial score (nSPS) is 13.5. The topological polar surface area (TPSA) is 62.2 Å². The number of hydrogen-bond acceptors (Lipinski definition) is 4. The number of rotatable bonds is 8. The molecule has 4 rings (SSSR count). The van der Waals surface area contributed by atoms with Crippen LogP contribution >= 0.6 is 12.2 Å². The Morgan fingerprint density at radius 3 is 2.88 bits per heavy atom. The minimum Gasteiger partial charge on any atom is -0.362 e. The van der Waals surface area contributed by atoms with Crippen molar-refractivity contribution in [3.63, 3.8) is 0 Å². The summed E-state index contributed by atoms with van der Waals surface area (Å²) >= 11 is 5.50. The number of nitrogens with one attached hydrogen (secondary N) is 2. The zero-order valence-electron chi connectivity index (χ0n) is 20.3. The monoisotopic (exact) mass is 477 g/mol. The summed E-state index contributed by atoms with van der Waals surface area (Å²) in [6.07, 6.45) is 5.15. The van der Waals surface area contributed by atoms with Gasteiger partial charge in [-0.25, -0.2) is 4.98 Å². The van der Waals surface area contributed by atoms with Crippen LogP contribution in [0.5, 0.6) is 0 Å². The molecule has 34 heavy (non-hydrogen) atoms. The summed E-state index contributed by atoms with van der Waals surface area (Å²) in [5.74, 6) is 0.913. The third-order valence-corrected chi connectivity index (χ3v) is 6.69. The predicted molar refractivity (Wildman–Crippen MR) is 145 cm³/mol. The second kappa shape index (κ2) is 11.6. The number of nitrogens with zero attached hydrogens (tertiary/aromatic N) is 3. The van der Waals surface area contributed by atoms with Gasteiger partial charge in [-0.1, -0.05) is 43.2 Å². The number of fused-ring (bicyclic) bond motifs is 2. The molecule has 2 aromatic carbocycles. The van der Waals surface area contributed by atoms with Crippen molar-refractivity contribution in [3.05, 3.63) is 69.8 Å². The number of aryl methyl sites for hydroxylation is 2. The van der Waals surface area contributed by atoms with Crippen LogP contribution in [0.2, 0.25) is 0 Å². The molecule has 0 amide bonds. The van der Waals surface area contributed by atoms with E-state index in [0.717, 1.165) is 81.9 Å². The third kappa shape index (κ3) is 6.21. The van der Waals surface area contributed by atoms with E-state index in [1.54, 1.807) is 0 Å². The molecule has 1 aliphatic rings. The van der Waals surface area contributed by atoms with Crippen LogP contribution in [-0.2, 0) is 19.5 Å². The molecule has 2 heterocycles. The van der Waals surface area contributed by atoms with Crippen LogP contribution in [0.15, 0.2) is 47.3 Å². The second-order valence-electron chi connectivity index (χ2n) is 9.12. The Bertz CT molecular complexity index is 1210. The Balaban J connectivity index is 1.30. The van der Waals surface area contributed by atoms with Gasteiger partial charge in [-0.05, 0) is 68.7 Å². The summed E-state index contributed by atoms with van der Waals surface area (Å²) in [6.45, 7) is 8.87. The molecule has 0 fully saturated rings. The van der Waals surface area contributed by atoms with Gasteiger partial charge in [0.1, 0.15) is 5.82 Å². The SMILES string of the molecule is CCN(CCCNC(=S)Nc1ccc2nc3n(c(=O)c2c1)CCCCC3)Cc1cccc(C)c1. The predicted octanol–water partition coefficient (Wildman–Crippen LogP) is 4.63. The Hall–Kier alpha value is -2.77. The fourth-order valence-corrected chi connectivity index (χ4v) is 4.81. The first-order valence-electron chi connectivity index (χ1n) is 12.4. The summed E-state index contributed by atoms with van der Waals surface area (Å²) in [6, 6.07) is 14.4. The lowest BCUT2D eigenvalue weighted by atomic mass is 10.1. The number of benzene rings is 2. The quantitative estimate of drug-likeness (QED) is 0.364. The maximum absolute atomic E-state index is 13.1. The zero-order chi connectivity index (χ0) is 23.9. The molecule has 1 aromatic heterocycles. The first kappa shape index (κ1) is 24.4. The highest BCUT2D eigenvalue weighted by Gasteiger charge is 2.14. The average molecular weight is 478 g/mol. The summed E-state index contributed by atoms with van der Waals surface area (Å²) < 4.78 is 1.85. The highest BCUT2D eigenvalue weighted by molar-refractivity contribution is 7.80. The lowest BCUT2D eigenvalue weighted by molar-refractivity contribution is 0.277. The van der Waals surface area contributed by atoms with Gasteiger partial charge < -0.3 is 10.6 Å². The molecule has 6 nitrogen and oxygen atoms in total. The number of thiocarbonyl (C=S) groups is 1. The first-order chi connectivity index (χ1) is 16.5. The van der Waals surface area contributed by atoms with Crippen LogP contribution in [0, 0.1) is 6.92 Å². The van der Waals surface area contributed by atoms with E-state index in [-0.39, 0.29) is 5.56 Å². The molecule has 2 N–H and O–H groups in total. The fraction of sp³-hybridized carbons (Fsp3) is 0.444. The summed E-state index contributed by atoms with van der Waals surface area (Å²) in [5.41, 5.74) is 4.28. The summed E-state index contributed by atoms with van der Waals surface area (Å²) in [5, 5.41) is 7.75. The summed E-state index contributed by atoms with van der Waals surface area (Å²) in [7, 11) is 0. The van der Waals surface area contributed by atoms with E-state index in [2.05, 4.69) is 53.6 Å².